The van der Waals surface area contributed by atoms with E-state index in [1.165, 1.54) is 37.3 Å². The Balaban J connectivity index is 2.43. The molecule has 0 amide bonds. The summed E-state index contributed by atoms with van der Waals surface area (Å²) in [5.74, 6) is 0. The van der Waals surface area contributed by atoms with Crippen LogP contribution in [0.25, 0.3) is 0 Å². The van der Waals surface area contributed by atoms with Crippen molar-refractivity contribution in [2.45, 2.75) is 25.7 Å². The van der Waals surface area contributed by atoms with Gasteiger partial charge in [-0.15, -0.1) is 0 Å². The molecule has 0 heterocycles. The molecule has 0 nitrogen and oxygen atoms in total. The van der Waals surface area contributed by atoms with Gasteiger partial charge in [-0.25, -0.2) is 0 Å². The van der Waals surface area contributed by atoms with E-state index in [0.717, 1.165) is 12.1 Å². The third-order valence-electron chi connectivity index (χ3n) is 3.29. The van der Waals surface area contributed by atoms with Crippen molar-refractivity contribution >= 4 is 0 Å². The third-order valence-corrected chi connectivity index (χ3v) is 3.29. The lowest BCUT2D eigenvalue weighted by atomic mass is 9.95. The van der Waals surface area contributed by atoms with Crippen molar-refractivity contribution in [3.63, 3.8) is 0 Å². The quantitative estimate of drug-likeness (QED) is 0.630. The number of halogens is 6. The number of aryl methyl sites for hydroxylation is 1. The SMILES string of the molecule is Cc1cccc(Cc2cccc(C(F)(F)F)c2)c1C(F)(F)F. The van der Waals surface area contributed by atoms with Crippen molar-refractivity contribution in [3.8, 4) is 0 Å². The van der Waals surface area contributed by atoms with E-state index in [4.69, 9.17) is 0 Å². The van der Waals surface area contributed by atoms with Gasteiger partial charge in [-0.3, -0.25) is 0 Å². The third kappa shape index (κ3) is 3.61. The van der Waals surface area contributed by atoms with E-state index in [0.29, 0.717) is 0 Å². The largest absolute Gasteiger partial charge is 0.416 e. The summed E-state index contributed by atoms with van der Waals surface area (Å²) in [4.78, 5) is 0. The maximum absolute atomic E-state index is 13.1. The lowest BCUT2D eigenvalue weighted by Crippen LogP contribution is -2.12. The molecule has 2 aromatic rings. The first-order chi connectivity index (χ1) is 10.1. The first-order valence-electron chi connectivity index (χ1n) is 6.41. The average Bonchev–Trinajstić information content (AvgIpc) is 2.36. The van der Waals surface area contributed by atoms with E-state index >= 15 is 0 Å². The molecule has 0 saturated carbocycles. The maximum Gasteiger partial charge on any atom is 0.416 e. The molecule has 2 aromatic carbocycles. The second-order valence-electron chi connectivity index (χ2n) is 4.98. The van der Waals surface area contributed by atoms with Crippen molar-refractivity contribution < 1.29 is 26.3 Å². The molecule has 0 spiro atoms. The average molecular weight is 318 g/mol. The molecule has 22 heavy (non-hydrogen) atoms. The van der Waals surface area contributed by atoms with Gasteiger partial charge < -0.3 is 0 Å². The van der Waals surface area contributed by atoms with Crippen LogP contribution in [0.15, 0.2) is 42.5 Å². The first kappa shape index (κ1) is 16.4. The van der Waals surface area contributed by atoms with Gasteiger partial charge in [0.05, 0.1) is 11.1 Å². The van der Waals surface area contributed by atoms with E-state index in [1.807, 2.05) is 0 Å². The van der Waals surface area contributed by atoms with Gasteiger partial charge in [-0.05, 0) is 36.1 Å². The van der Waals surface area contributed by atoms with Gasteiger partial charge >= 0.3 is 12.4 Å². The predicted octanol–water partition coefficient (Wildman–Crippen LogP) is 5.62. The van der Waals surface area contributed by atoms with Gasteiger partial charge in [-0.1, -0.05) is 36.4 Å². The molecule has 0 radical (unpaired) electrons. The van der Waals surface area contributed by atoms with Crippen molar-refractivity contribution in [2.75, 3.05) is 0 Å². The normalized spacial score (nSPS) is 12.5. The first-order valence-corrected chi connectivity index (χ1v) is 6.41. The smallest absolute Gasteiger partial charge is 0.166 e. The molecule has 0 aromatic heterocycles. The minimum atomic E-state index is -4.54. The van der Waals surface area contributed by atoms with Crippen LogP contribution >= 0.6 is 0 Å². The molecule has 0 bridgehead atoms. The number of benzene rings is 2. The molecule has 0 unspecified atom stereocenters. The Morgan fingerprint density at radius 3 is 2.05 bits per heavy atom. The Kier molecular flexibility index (Phi) is 4.22. The fourth-order valence-electron chi connectivity index (χ4n) is 2.36. The highest BCUT2D eigenvalue weighted by Crippen LogP contribution is 2.36. The molecule has 118 valence electrons. The monoisotopic (exact) mass is 318 g/mol. The van der Waals surface area contributed by atoms with Gasteiger partial charge in [0.1, 0.15) is 0 Å². The van der Waals surface area contributed by atoms with E-state index < -0.39 is 23.5 Å². The molecular formula is C16H12F6. The van der Waals surface area contributed by atoms with Crippen LogP contribution in [-0.4, -0.2) is 0 Å². The molecule has 0 N–H and O–H groups in total. The van der Waals surface area contributed by atoms with Crippen LogP contribution in [0, 0.1) is 6.92 Å². The summed E-state index contributed by atoms with van der Waals surface area (Å²) in [6.45, 7) is 1.33. The van der Waals surface area contributed by atoms with Crippen molar-refractivity contribution in [3.05, 3.63) is 70.3 Å². The number of rotatable bonds is 2. The van der Waals surface area contributed by atoms with Gasteiger partial charge in [0.25, 0.3) is 0 Å². The summed E-state index contributed by atoms with van der Waals surface area (Å²) in [6, 6.07) is 8.44. The van der Waals surface area contributed by atoms with Crippen LogP contribution in [0.4, 0.5) is 26.3 Å². The second kappa shape index (κ2) is 5.66. The predicted molar refractivity (Wildman–Crippen MR) is 70.4 cm³/mol. The fraction of sp³-hybridized carbons (Fsp3) is 0.250. The molecule has 6 heteroatoms. The Morgan fingerprint density at radius 1 is 0.818 bits per heavy atom. The summed E-state index contributed by atoms with van der Waals surface area (Å²) < 4.78 is 77.3. The minimum absolute atomic E-state index is 0.0353. The van der Waals surface area contributed by atoms with E-state index in [1.54, 1.807) is 0 Å². The zero-order valence-electron chi connectivity index (χ0n) is 11.5. The van der Waals surface area contributed by atoms with Crippen molar-refractivity contribution in [2.24, 2.45) is 0 Å². The zero-order valence-corrected chi connectivity index (χ0v) is 11.5. The lowest BCUT2D eigenvalue weighted by molar-refractivity contribution is -0.139. The molecule has 0 aliphatic heterocycles. The van der Waals surface area contributed by atoms with Gasteiger partial charge in [-0.2, -0.15) is 26.3 Å². The van der Waals surface area contributed by atoms with E-state index in [9.17, 15) is 26.3 Å². The van der Waals surface area contributed by atoms with Crippen LogP contribution in [0.2, 0.25) is 0 Å². The molecule has 0 saturated heterocycles. The highest BCUT2D eigenvalue weighted by atomic mass is 19.4. The van der Waals surface area contributed by atoms with Gasteiger partial charge in [0.15, 0.2) is 0 Å². The molecular weight excluding hydrogens is 306 g/mol. The number of hydrogen-bond donors (Lipinski definition) is 0. The molecule has 0 aliphatic rings. The second-order valence-corrected chi connectivity index (χ2v) is 4.98. The highest BCUT2D eigenvalue weighted by Gasteiger charge is 2.35. The van der Waals surface area contributed by atoms with E-state index in [-0.39, 0.29) is 23.1 Å². The van der Waals surface area contributed by atoms with Gasteiger partial charge in [0, 0.05) is 0 Å². The van der Waals surface area contributed by atoms with E-state index in [2.05, 4.69) is 0 Å². The number of alkyl halides is 6. The molecule has 0 atom stereocenters. The Hall–Kier alpha value is -1.98. The molecule has 2 rings (SSSR count). The Bertz CT molecular complexity index is 667. The van der Waals surface area contributed by atoms with Crippen LogP contribution in [0.3, 0.4) is 0 Å². The van der Waals surface area contributed by atoms with Gasteiger partial charge in [0.2, 0.25) is 0 Å². The Morgan fingerprint density at radius 2 is 1.45 bits per heavy atom. The van der Waals surface area contributed by atoms with Crippen LogP contribution < -0.4 is 0 Å². The van der Waals surface area contributed by atoms with Crippen molar-refractivity contribution in [1.29, 1.82) is 0 Å². The van der Waals surface area contributed by atoms with Crippen LogP contribution in [0.5, 0.6) is 0 Å². The summed E-state index contributed by atoms with van der Waals surface area (Å²) in [7, 11) is 0. The van der Waals surface area contributed by atoms with Crippen molar-refractivity contribution in [1.82, 2.24) is 0 Å². The summed E-state index contributed by atoms with van der Waals surface area (Å²) in [5.41, 5.74) is -1.45. The summed E-state index contributed by atoms with van der Waals surface area (Å²) >= 11 is 0. The van der Waals surface area contributed by atoms with Crippen LogP contribution in [0.1, 0.15) is 27.8 Å². The van der Waals surface area contributed by atoms with Crippen LogP contribution in [-0.2, 0) is 18.8 Å². The highest BCUT2D eigenvalue weighted by molar-refractivity contribution is 5.40. The summed E-state index contributed by atoms with van der Waals surface area (Å²) in [5, 5.41) is 0. The molecule has 0 aliphatic carbocycles. The Labute approximate surface area is 123 Å². The fourth-order valence-corrected chi connectivity index (χ4v) is 2.36. The molecule has 0 fully saturated rings. The summed E-state index contributed by atoms with van der Waals surface area (Å²) in [6.07, 6.45) is -9.27. The maximum atomic E-state index is 13.1. The lowest BCUT2D eigenvalue weighted by Gasteiger charge is -2.16. The topological polar surface area (TPSA) is 0 Å². The zero-order chi connectivity index (χ0) is 16.5. The minimum Gasteiger partial charge on any atom is -0.166 e. The standard InChI is InChI=1S/C16H12F6/c1-10-4-2-6-12(14(10)16(20,21)22)8-11-5-3-7-13(9-11)15(17,18)19/h2-7,9H,8H2,1H3. The number of hydrogen-bond acceptors (Lipinski definition) is 0.